The van der Waals surface area contributed by atoms with Crippen molar-refractivity contribution >= 4 is 11.8 Å². The number of carbonyl (C=O) groups excluding carboxylic acids is 1. The minimum absolute atomic E-state index is 0.338. The first kappa shape index (κ1) is 10.2. The Kier molecular flexibility index (Phi) is 2.59. The molecule has 0 fully saturated rings. The van der Waals surface area contributed by atoms with Crippen LogP contribution < -0.4 is 11.1 Å². The van der Waals surface area contributed by atoms with Crippen LogP contribution in [0.4, 0.5) is 10.6 Å². The summed E-state index contributed by atoms with van der Waals surface area (Å²) in [5.41, 5.74) is 7.55. The average molecular weight is 216 g/mol. The van der Waals surface area contributed by atoms with Gasteiger partial charge in [-0.15, -0.1) is 0 Å². The Morgan fingerprint density at radius 1 is 1.38 bits per heavy atom. The van der Waals surface area contributed by atoms with Crippen molar-refractivity contribution in [1.82, 2.24) is 15.1 Å². The second-order valence-electron chi connectivity index (χ2n) is 3.28. The fourth-order valence-corrected chi connectivity index (χ4v) is 1.47. The van der Waals surface area contributed by atoms with Gasteiger partial charge in [0.05, 0.1) is 6.20 Å². The second kappa shape index (κ2) is 4.06. The van der Waals surface area contributed by atoms with Gasteiger partial charge >= 0.3 is 6.03 Å². The lowest BCUT2D eigenvalue weighted by atomic mass is 10.1. The van der Waals surface area contributed by atoms with Crippen molar-refractivity contribution in [3.63, 3.8) is 0 Å². The summed E-state index contributed by atoms with van der Waals surface area (Å²) in [6, 6.07) is 9.23. The first-order chi connectivity index (χ1) is 7.74. The summed E-state index contributed by atoms with van der Waals surface area (Å²) in [4.78, 5) is 11.4. The molecule has 1 heterocycles. The summed E-state index contributed by atoms with van der Waals surface area (Å²) in [6.45, 7) is 0. The molecule has 1 aromatic heterocycles. The molecular weight excluding hydrogens is 204 g/mol. The van der Waals surface area contributed by atoms with Gasteiger partial charge in [0, 0.05) is 12.6 Å². The van der Waals surface area contributed by atoms with E-state index >= 15 is 0 Å². The Morgan fingerprint density at radius 3 is 2.69 bits per heavy atom. The van der Waals surface area contributed by atoms with E-state index in [1.807, 2.05) is 30.3 Å². The molecule has 0 unspecified atom stereocenters. The molecule has 0 spiro atoms. The summed E-state index contributed by atoms with van der Waals surface area (Å²) >= 11 is 0. The quantitative estimate of drug-likeness (QED) is 0.755. The van der Waals surface area contributed by atoms with Crippen LogP contribution in [0.1, 0.15) is 0 Å². The molecule has 0 bridgehead atoms. The zero-order valence-corrected chi connectivity index (χ0v) is 8.84. The topological polar surface area (TPSA) is 72.9 Å². The Bertz CT molecular complexity index is 504. The monoisotopic (exact) mass is 216 g/mol. The van der Waals surface area contributed by atoms with Crippen molar-refractivity contribution in [2.24, 2.45) is 0 Å². The summed E-state index contributed by atoms with van der Waals surface area (Å²) in [5, 5.41) is 6.41. The minimum atomic E-state index is -0.348. The number of amides is 1. The molecule has 3 N–H and O–H groups in total. The molecular formula is C11H12N4O. The Labute approximate surface area is 92.9 Å². The van der Waals surface area contributed by atoms with Gasteiger partial charge in [0.25, 0.3) is 0 Å². The van der Waals surface area contributed by atoms with Crippen LogP contribution in [0.25, 0.3) is 11.1 Å². The third kappa shape index (κ3) is 1.63. The highest BCUT2D eigenvalue weighted by Crippen LogP contribution is 2.24. The highest BCUT2D eigenvalue weighted by molar-refractivity contribution is 5.84. The number of nitrogens with two attached hydrogens (primary N) is 1. The number of hydrogen-bond donors (Lipinski definition) is 2. The van der Waals surface area contributed by atoms with Crippen LogP contribution in [0, 0.1) is 0 Å². The van der Waals surface area contributed by atoms with Crippen molar-refractivity contribution < 1.29 is 4.79 Å². The van der Waals surface area contributed by atoms with Crippen LogP contribution in [0.15, 0.2) is 36.5 Å². The average Bonchev–Trinajstić information content (AvgIpc) is 2.71. The zero-order valence-electron chi connectivity index (χ0n) is 8.84. The third-order valence-electron chi connectivity index (χ3n) is 2.30. The molecule has 5 heteroatoms. The van der Waals surface area contributed by atoms with Crippen molar-refractivity contribution in [2.75, 3.05) is 12.8 Å². The fourth-order valence-electron chi connectivity index (χ4n) is 1.47. The molecule has 0 saturated heterocycles. The maximum atomic E-state index is 11.4. The summed E-state index contributed by atoms with van der Waals surface area (Å²) < 4.78 is 1.14. The first-order valence-electron chi connectivity index (χ1n) is 4.85. The minimum Gasteiger partial charge on any atom is -0.383 e. The highest BCUT2D eigenvalue weighted by Gasteiger charge is 2.13. The van der Waals surface area contributed by atoms with E-state index in [0.29, 0.717) is 5.82 Å². The Balaban J connectivity index is 2.45. The van der Waals surface area contributed by atoms with E-state index < -0.39 is 0 Å². The van der Waals surface area contributed by atoms with Gasteiger partial charge < -0.3 is 11.1 Å². The highest BCUT2D eigenvalue weighted by atomic mass is 16.2. The lowest BCUT2D eigenvalue weighted by Gasteiger charge is -2.02. The number of nitrogens with zero attached hydrogens (tertiary/aromatic N) is 2. The molecule has 1 aromatic carbocycles. The normalized spacial score (nSPS) is 10.1. The third-order valence-corrected chi connectivity index (χ3v) is 2.30. The van der Waals surface area contributed by atoms with Gasteiger partial charge in [-0.3, -0.25) is 0 Å². The predicted molar refractivity (Wildman–Crippen MR) is 61.9 cm³/mol. The molecule has 2 rings (SSSR count). The fraction of sp³-hybridized carbons (Fsp3) is 0.0909. The van der Waals surface area contributed by atoms with Gasteiger partial charge in [-0.25, -0.2) is 4.79 Å². The van der Waals surface area contributed by atoms with Gasteiger partial charge in [0.2, 0.25) is 0 Å². The van der Waals surface area contributed by atoms with Crippen molar-refractivity contribution in [1.29, 1.82) is 0 Å². The SMILES string of the molecule is CNC(=O)n1ncc(-c2ccccc2)c1N. The molecule has 0 aliphatic carbocycles. The van der Waals surface area contributed by atoms with Gasteiger partial charge in [-0.1, -0.05) is 30.3 Å². The zero-order chi connectivity index (χ0) is 11.5. The summed E-state index contributed by atoms with van der Waals surface area (Å²) in [5.74, 6) is 0.338. The molecule has 0 aliphatic rings. The molecule has 0 atom stereocenters. The van der Waals surface area contributed by atoms with Crippen LogP contribution in [0.5, 0.6) is 0 Å². The molecule has 16 heavy (non-hydrogen) atoms. The van der Waals surface area contributed by atoms with Gasteiger partial charge in [-0.2, -0.15) is 9.78 Å². The van der Waals surface area contributed by atoms with Crippen LogP contribution in [0.3, 0.4) is 0 Å². The molecule has 5 nitrogen and oxygen atoms in total. The van der Waals surface area contributed by atoms with E-state index in [4.69, 9.17) is 5.73 Å². The first-order valence-corrected chi connectivity index (χ1v) is 4.85. The molecule has 2 aromatic rings. The lowest BCUT2D eigenvalue weighted by molar-refractivity contribution is 0.242. The Morgan fingerprint density at radius 2 is 2.06 bits per heavy atom. The Hall–Kier alpha value is -2.30. The number of hydrogen-bond acceptors (Lipinski definition) is 3. The smallest absolute Gasteiger partial charge is 0.343 e. The maximum absolute atomic E-state index is 11.4. The van der Waals surface area contributed by atoms with Gasteiger partial charge in [0.15, 0.2) is 0 Å². The van der Waals surface area contributed by atoms with Crippen LogP contribution in [-0.2, 0) is 0 Å². The van der Waals surface area contributed by atoms with Gasteiger partial charge in [0.1, 0.15) is 5.82 Å². The number of rotatable bonds is 1. The molecule has 82 valence electrons. The number of carbonyl (C=O) groups is 1. The van der Waals surface area contributed by atoms with E-state index in [-0.39, 0.29) is 6.03 Å². The van der Waals surface area contributed by atoms with E-state index in [1.165, 1.54) is 7.05 Å². The summed E-state index contributed by atoms with van der Waals surface area (Å²) in [6.07, 6.45) is 1.58. The number of anilines is 1. The van der Waals surface area contributed by atoms with Crippen LogP contribution in [-0.4, -0.2) is 22.9 Å². The molecule has 0 saturated carbocycles. The van der Waals surface area contributed by atoms with E-state index in [0.717, 1.165) is 15.8 Å². The molecule has 1 amide bonds. The van der Waals surface area contributed by atoms with E-state index in [2.05, 4.69) is 10.4 Å². The molecule has 0 radical (unpaired) electrons. The number of nitrogen functional groups attached to an aromatic ring is 1. The van der Waals surface area contributed by atoms with Gasteiger partial charge in [-0.05, 0) is 5.56 Å². The van der Waals surface area contributed by atoms with Crippen molar-refractivity contribution in [2.45, 2.75) is 0 Å². The molecule has 0 aliphatic heterocycles. The van der Waals surface area contributed by atoms with E-state index in [9.17, 15) is 4.79 Å². The largest absolute Gasteiger partial charge is 0.383 e. The van der Waals surface area contributed by atoms with Crippen molar-refractivity contribution in [3.05, 3.63) is 36.5 Å². The number of benzene rings is 1. The lowest BCUT2D eigenvalue weighted by Crippen LogP contribution is -2.26. The number of nitrogens with one attached hydrogen (secondary N) is 1. The summed E-state index contributed by atoms with van der Waals surface area (Å²) in [7, 11) is 1.53. The second-order valence-corrected chi connectivity index (χ2v) is 3.28. The predicted octanol–water partition coefficient (Wildman–Crippen LogP) is 1.32. The van der Waals surface area contributed by atoms with E-state index in [1.54, 1.807) is 6.20 Å². The van der Waals surface area contributed by atoms with Crippen LogP contribution in [0.2, 0.25) is 0 Å². The van der Waals surface area contributed by atoms with Crippen LogP contribution >= 0.6 is 0 Å². The number of aromatic nitrogens is 2. The standard InChI is InChI=1S/C11H12N4O/c1-13-11(16)15-10(12)9(7-14-15)8-5-3-2-4-6-8/h2-7H,12H2,1H3,(H,13,16). The van der Waals surface area contributed by atoms with Crippen molar-refractivity contribution in [3.8, 4) is 11.1 Å². The maximum Gasteiger partial charge on any atom is 0.343 e.